The minimum absolute atomic E-state index is 0.402. The molecule has 0 atom stereocenters. The van der Waals surface area contributed by atoms with Crippen molar-refractivity contribution >= 4 is 29.1 Å². The monoisotopic (exact) mass is 362 g/mol. The number of ether oxygens (including phenoxy) is 1. The number of para-hydroxylation sites is 1. The number of carbonyl (C=O) groups excluding carboxylic acids is 1. The van der Waals surface area contributed by atoms with E-state index in [9.17, 15) is 4.79 Å². The number of hydrogen-bond acceptors (Lipinski definition) is 6. The number of methoxy groups -OCH3 is 1. The van der Waals surface area contributed by atoms with Crippen molar-refractivity contribution < 1.29 is 9.53 Å². The van der Waals surface area contributed by atoms with Crippen LogP contribution < -0.4 is 10.6 Å². The summed E-state index contributed by atoms with van der Waals surface area (Å²) in [6.45, 7) is 5.99. The molecule has 3 aromatic rings. The van der Waals surface area contributed by atoms with Crippen LogP contribution in [0.2, 0.25) is 0 Å². The summed E-state index contributed by atoms with van der Waals surface area (Å²) in [5.74, 6) is 0.660. The molecule has 1 heterocycles. The van der Waals surface area contributed by atoms with Crippen molar-refractivity contribution in [3.05, 3.63) is 70.9 Å². The molecule has 0 aliphatic rings. The van der Waals surface area contributed by atoms with Crippen LogP contribution in [0.1, 0.15) is 27.2 Å². The van der Waals surface area contributed by atoms with Crippen LogP contribution in [0.15, 0.2) is 48.5 Å². The maximum atomic E-state index is 12.0. The highest BCUT2D eigenvalue weighted by Gasteiger charge is 2.13. The highest BCUT2D eigenvalue weighted by Crippen LogP contribution is 2.24. The smallest absolute Gasteiger partial charge is 0.339 e. The number of carbonyl (C=O) groups is 1. The molecule has 6 nitrogen and oxygen atoms in total. The summed E-state index contributed by atoms with van der Waals surface area (Å²) in [6, 6.07) is 15.2. The molecule has 138 valence electrons. The summed E-state index contributed by atoms with van der Waals surface area (Å²) in [5.41, 5.74) is 5.10. The third kappa shape index (κ3) is 4.41. The van der Waals surface area contributed by atoms with E-state index in [0.29, 0.717) is 23.0 Å². The van der Waals surface area contributed by atoms with Crippen molar-refractivity contribution in [2.45, 2.75) is 20.8 Å². The lowest BCUT2D eigenvalue weighted by atomic mass is 10.1. The van der Waals surface area contributed by atoms with Crippen LogP contribution >= 0.6 is 0 Å². The van der Waals surface area contributed by atoms with Crippen molar-refractivity contribution in [3.63, 3.8) is 0 Å². The Morgan fingerprint density at radius 2 is 1.70 bits per heavy atom. The lowest BCUT2D eigenvalue weighted by Crippen LogP contribution is -2.08. The standard InChI is InChI=1S/C21H22N4O2/c1-13-9-10-14(2)18(11-13)23-19-12-15(3)22-21(25-19)24-17-8-6-5-7-16(17)20(26)27-4/h5-12H,1-4H3,(H2,22,23,24,25). The first kappa shape index (κ1) is 18.4. The van der Waals surface area contributed by atoms with Crippen LogP contribution in [-0.2, 0) is 4.74 Å². The van der Waals surface area contributed by atoms with Gasteiger partial charge in [-0.2, -0.15) is 4.98 Å². The summed E-state index contributed by atoms with van der Waals surface area (Å²) in [7, 11) is 1.36. The van der Waals surface area contributed by atoms with E-state index in [2.05, 4.69) is 38.8 Å². The van der Waals surface area contributed by atoms with Crippen molar-refractivity contribution in [1.29, 1.82) is 0 Å². The zero-order chi connectivity index (χ0) is 19.4. The van der Waals surface area contributed by atoms with E-state index in [1.54, 1.807) is 18.2 Å². The Balaban J connectivity index is 1.91. The number of nitrogens with one attached hydrogen (secondary N) is 2. The van der Waals surface area contributed by atoms with Gasteiger partial charge in [0.25, 0.3) is 0 Å². The zero-order valence-electron chi connectivity index (χ0n) is 15.8. The van der Waals surface area contributed by atoms with Crippen LogP contribution in [0.5, 0.6) is 0 Å². The Labute approximate surface area is 158 Å². The molecule has 0 unspecified atom stereocenters. The first-order valence-electron chi connectivity index (χ1n) is 8.60. The molecular formula is C21H22N4O2. The molecule has 0 aliphatic heterocycles. The number of aryl methyl sites for hydroxylation is 3. The van der Waals surface area contributed by atoms with E-state index in [1.807, 2.05) is 32.9 Å². The fourth-order valence-electron chi connectivity index (χ4n) is 2.70. The van der Waals surface area contributed by atoms with Crippen LogP contribution in [-0.4, -0.2) is 23.0 Å². The normalized spacial score (nSPS) is 10.4. The highest BCUT2D eigenvalue weighted by atomic mass is 16.5. The Morgan fingerprint density at radius 1 is 0.926 bits per heavy atom. The predicted octanol–water partition coefficient (Wildman–Crippen LogP) is 4.68. The molecule has 0 aliphatic carbocycles. The van der Waals surface area contributed by atoms with Crippen molar-refractivity contribution in [2.24, 2.45) is 0 Å². The van der Waals surface area contributed by atoms with Gasteiger partial charge in [-0.25, -0.2) is 9.78 Å². The molecule has 1 aromatic heterocycles. The van der Waals surface area contributed by atoms with Gasteiger partial charge in [-0.3, -0.25) is 0 Å². The Morgan fingerprint density at radius 3 is 2.48 bits per heavy atom. The van der Waals surface area contributed by atoms with Crippen LogP contribution in [0.4, 0.5) is 23.1 Å². The van der Waals surface area contributed by atoms with Crippen molar-refractivity contribution in [1.82, 2.24) is 9.97 Å². The number of nitrogens with zero attached hydrogens (tertiary/aromatic N) is 2. The number of rotatable bonds is 5. The second-order valence-corrected chi connectivity index (χ2v) is 6.32. The molecular weight excluding hydrogens is 340 g/mol. The van der Waals surface area contributed by atoms with E-state index in [4.69, 9.17) is 4.74 Å². The molecule has 0 radical (unpaired) electrons. The molecule has 0 saturated heterocycles. The molecule has 0 bridgehead atoms. The fourth-order valence-corrected chi connectivity index (χ4v) is 2.70. The van der Waals surface area contributed by atoms with E-state index >= 15 is 0 Å². The number of benzene rings is 2. The zero-order valence-corrected chi connectivity index (χ0v) is 15.8. The average Bonchev–Trinajstić information content (AvgIpc) is 2.64. The van der Waals surface area contributed by atoms with Gasteiger partial charge in [0.15, 0.2) is 0 Å². The summed E-state index contributed by atoms with van der Waals surface area (Å²) in [6.07, 6.45) is 0. The van der Waals surface area contributed by atoms with Gasteiger partial charge in [-0.05, 0) is 50.1 Å². The number of hydrogen-bond donors (Lipinski definition) is 2. The number of aromatic nitrogens is 2. The van der Waals surface area contributed by atoms with Gasteiger partial charge in [-0.1, -0.05) is 24.3 Å². The molecule has 27 heavy (non-hydrogen) atoms. The molecule has 6 heteroatoms. The van der Waals surface area contributed by atoms with Gasteiger partial charge in [-0.15, -0.1) is 0 Å². The van der Waals surface area contributed by atoms with Crippen LogP contribution in [0.25, 0.3) is 0 Å². The van der Waals surface area contributed by atoms with Crippen molar-refractivity contribution in [2.75, 3.05) is 17.7 Å². The fraction of sp³-hybridized carbons (Fsp3) is 0.190. The van der Waals surface area contributed by atoms with E-state index < -0.39 is 5.97 Å². The van der Waals surface area contributed by atoms with Gasteiger partial charge in [0, 0.05) is 17.4 Å². The second-order valence-electron chi connectivity index (χ2n) is 6.32. The van der Waals surface area contributed by atoms with Gasteiger partial charge >= 0.3 is 5.97 Å². The topological polar surface area (TPSA) is 76.1 Å². The summed E-state index contributed by atoms with van der Waals surface area (Å²) in [5, 5.41) is 6.46. The van der Waals surface area contributed by atoms with Gasteiger partial charge in [0.1, 0.15) is 5.82 Å². The minimum atomic E-state index is -0.417. The molecule has 0 fully saturated rings. The maximum absolute atomic E-state index is 12.0. The lowest BCUT2D eigenvalue weighted by molar-refractivity contribution is 0.0602. The Hall–Kier alpha value is -3.41. The summed E-state index contributed by atoms with van der Waals surface area (Å²) in [4.78, 5) is 20.9. The average molecular weight is 362 g/mol. The second kappa shape index (κ2) is 7.86. The molecule has 0 amide bonds. The first-order chi connectivity index (χ1) is 13.0. The number of esters is 1. The van der Waals surface area contributed by atoms with Crippen molar-refractivity contribution in [3.8, 4) is 0 Å². The maximum Gasteiger partial charge on any atom is 0.339 e. The Kier molecular flexibility index (Phi) is 5.35. The van der Waals surface area contributed by atoms with Crippen LogP contribution in [0, 0.1) is 20.8 Å². The SMILES string of the molecule is COC(=O)c1ccccc1Nc1nc(C)cc(Nc2cc(C)ccc2C)n1. The molecule has 2 aromatic carbocycles. The van der Waals surface area contributed by atoms with Gasteiger partial charge in [0.05, 0.1) is 18.4 Å². The summed E-state index contributed by atoms with van der Waals surface area (Å²) < 4.78 is 4.83. The Bertz CT molecular complexity index is 986. The third-order valence-corrected chi connectivity index (χ3v) is 4.09. The van der Waals surface area contributed by atoms with E-state index in [1.165, 1.54) is 12.7 Å². The van der Waals surface area contributed by atoms with E-state index in [0.717, 1.165) is 16.9 Å². The molecule has 0 saturated carbocycles. The quantitative estimate of drug-likeness (QED) is 0.642. The predicted molar refractivity (Wildman–Crippen MR) is 107 cm³/mol. The lowest BCUT2D eigenvalue weighted by Gasteiger charge is -2.13. The van der Waals surface area contributed by atoms with E-state index in [-0.39, 0.29) is 0 Å². The number of anilines is 4. The molecule has 0 spiro atoms. The largest absolute Gasteiger partial charge is 0.465 e. The van der Waals surface area contributed by atoms with Crippen LogP contribution in [0.3, 0.4) is 0 Å². The molecule has 3 rings (SSSR count). The first-order valence-corrected chi connectivity index (χ1v) is 8.60. The third-order valence-electron chi connectivity index (χ3n) is 4.09. The summed E-state index contributed by atoms with van der Waals surface area (Å²) >= 11 is 0. The minimum Gasteiger partial charge on any atom is -0.465 e. The van der Waals surface area contributed by atoms with Gasteiger partial charge in [0.2, 0.25) is 5.95 Å². The molecule has 2 N–H and O–H groups in total. The van der Waals surface area contributed by atoms with Gasteiger partial charge < -0.3 is 15.4 Å². The highest BCUT2D eigenvalue weighted by molar-refractivity contribution is 5.96.